The number of piperazine rings is 1. The number of carbonyl (C=O) groups excluding carboxylic acids is 2. The lowest BCUT2D eigenvalue weighted by Gasteiger charge is -2.26. The predicted molar refractivity (Wildman–Crippen MR) is 90.6 cm³/mol. The minimum atomic E-state index is -0.361. The minimum absolute atomic E-state index is 0.0358. The fourth-order valence-electron chi connectivity index (χ4n) is 2.77. The molecule has 3 N–H and O–H groups in total. The van der Waals surface area contributed by atoms with Gasteiger partial charge in [0.1, 0.15) is 31.2 Å². The van der Waals surface area contributed by atoms with E-state index in [1.807, 2.05) is 13.8 Å². The summed E-state index contributed by atoms with van der Waals surface area (Å²) in [5.41, 5.74) is 1.39. The van der Waals surface area contributed by atoms with Gasteiger partial charge < -0.3 is 19.9 Å². The Morgan fingerprint density at radius 3 is 2.48 bits per heavy atom. The van der Waals surface area contributed by atoms with Crippen LogP contribution in [0.4, 0.5) is 5.00 Å². The smallest absolute Gasteiger partial charge is 0.341 e. The highest BCUT2D eigenvalue weighted by Gasteiger charge is 2.25. The number of likely N-dealkylation sites (N-methyl/N-ethyl adjacent to an activating group) is 1. The van der Waals surface area contributed by atoms with E-state index in [-0.39, 0.29) is 11.9 Å². The van der Waals surface area contributed by atoms with Gasteiger partial charge in [-0.1, -0.05) is 0 Å². The number of carbonyl (C=O) groups is 2. The Kier molecular flexibility index (Phi) is 6.15. The lowest BCUT2D eigenvalue weighted by molar-refractivity contribution is -0.999. The fourth-order valence-corrected chi connectivity index (χ4v) is 3.83. The van der Waals surface area contributed by atoms with Crippen molar-refractivity contribution >= 4 is 28.2 Å². The van der Waals surface area contributed by atoms with Crippen molar-refractivity contribution in [2.24, 2.45) is 0 Å². The summed E-state index contributed by atoms with van der Waals surface area (Å²) in [6.45, 7) is 10.6. The molecule has 2 rings (SSSR count). The fraction of sp³-hybridized carbons (Fsp3) is 0.625. The van der Waals surface area contributed by atoms with Gasteiger partial charge in [-0.3, -0.25) is 4.79 Å². The van der Waals surface area contributed by atoms with Crippen LogP contribution in [0.15, 0.2) is 0 Å². The van der Waals surface area contributed by atoms with Crippen LogP contribution in [0.3, 0.4) is 0 Å². The van der Waals surface area contributed by atoms with Crippen LogP contribution in [0.1, 0.15) is 27.7 Å². The van der Waals surface area contributed by atoms with E-state index in [0.717, 1.165) is 36.6 Å². The standard InChI is InChI=1S/C16H25N3O3S/c1-5-22-16(21)14-11(2)12(3)23-15(14)17-13(20)10-19-8-6-18(4)7-9-19/h5-10H2,1-4H3,(H,17,20)/p+2. The molecule has 6 nitrogen and oxygen atoms in total. The summed E-state index contributed by atoms with van der Waals surface area (Å²) in [5, 5.41) is 3.53. The summed E-state index contributed by atoms with van der Waals surface area (Å²) >= 11 is 1.44. The largest absolute Gasteiger partial charge is 0.462 e. The molecular formula is C16H27N3O3S+2. The molecule has 0 radical (unpaired) electrons. The summed E-state index contributed by atoms with van der Waals surface area (Å²) in [7, 11) is 2.18. The van der Waals surface area contributed by atoms with Crippen molar-refractivity contribution in [3.8, 4) is 0 Å². The van der Waals surface area contributed by atoms with E-state index in [0.29, 0.717) is 23.7 Å². The molecule has 0 aliphatic carbocycles. The summed E-state index contributed by atoms with van der Waals surface area (Å²) in [6, 6.07) is 0. The van der Waals surface area contributed by atoms with Crippen LogP contribution >= 0.6 is 11.3 Å². The van der Waals surface area contributed by atoms with Gasteiger partial charge in [0, 0.05) is 4.88 Å². The van der Waals surface area contributed by atoms with Crippen LogP contribution in [-0.4, -0.2) is 58.3 Å². The number of amides is 1. The third-order valence-corrected chi connectivity index (χ3v) is 5.46. The average molecular weight is 341 g/mol. The third kappa shape index (κ3) is 4.53. The van der Waals surface area contributed by atoms with Crippen molar-refractivity contribution in [3.63, 3.8) is 0 Å². The summed E-state index contributed by atoms with van der Waals surface area (Å²) in [4.78, 5) is 28.3. The Hall–Kier alpha value is -1.44. The van der Waals surface area contributed by atoms with Gasteiger partial charge in [0.05, 0.1) is 19.2 Å². The van der Waals surface area contributed by atoms with Crippen molar-refractivity contribution in [1.29, 1.82) is 0 Å². The van der Waals surface area contributed by atoms with Crippen molar-refractivity contribution in [2.75, 3.05) is 51.7 Å². The van der Waals surface area contributed by atoms with Crippen molar-refractivity contribution in [1.82, 2.24) is 0 Å². The minimum Gasteiger partial charge on any atom is -0.462 e. The van der Waals surface area contributed by atoms with E-state index < -0.39 is 0 Å². The van der Waals surface area contributed by atoms with Crippen LogP contribution in [0, 0.1) is 13.8 Å². The molecule has 1 aliphatic heterocycles. The van der Waals surface area contributed by atoms with E-state index in [1.165, 1.54) is 21.1 Å². The Morgan fingerprint density at radius 1 is 1.22 bits per heavy atom. The number of hydrogen-bond donors (Lipinski definition) is 3. The third-order valence-electron chi connectivity index (χ3n) is 4.34. The van der Waals surface area contributed by atoms with Crippen LogP contribution in [0.25, 0.3) is 0 Å². The molecule has 0 unspecified atom stereocenters. The summed E-state index contributed by atoms with van der Waals surface area (Å²) in [5.74, 6) is -0.397. The molecule has 0 bridgehead atoms. The van der Waals surface area contributed by atoms with E-state index in [1.54, 1.807) is 6.92 Å². The van der Waals surface area contributed by atoms with Gasteiger partial charge in [-0.2, -0.15) is 0 Å². The maximum Gasteiger partial charge on any atom is 0.341 e. The lowest BCUT2D eigenvalue weighted by atomic mass is 10.1. The van der Waals surface area contributed by atoms with Crippen LogP contribution < -0.4 is 15.1 Å². The average Bonchev–Trinajstić information content (AvgIpc) is 2.76. The highest BCUT2D eigenvalue weighted by Crippen LogP contribution is 2.32. The molecule has 7 heteroatoms. The highest BCUT2D eigenvalue weighted by molar-refractivity contribution is 7.16. The molecular weight excluding hydrogens is 314 g/mol. The molecule has 0 atom stereocenters. The van der Waals surface area contributed by atoms with Crippen LogP contribution in [0.5, 0.6) is 0 Å². The second-order valence-electron chi connectivity index (χ2n) is 6.14. The number of aryl methyl sites for hydroxylation is 1. The Morgan fingerprint density at radius 2 is 1.87 bits per heavy atom. The van der Waals surface area contributed by atoms with E-state index >= 15 is 0 Å². The molecule has 128 valence electrons. The molecule has 1 amide bonds. The second kappa shape index (κ2) is 7.90. The van der Waals surface area contributed by atoms with Crippen molar-refractivity contribution in [3.05, 3.63) is 16.0 Å². The monoisotopic (exact) mass is 341 g/mol. The number of quaternary nitrogens is 2. The van der Waals surface area contributed by atoms with Gasteiger partial charge in [-0.05, 0) is 26.3 Å². The van der Waals surface area contributed by atoms with E-state index in [2.05, 4.69) is 12.4 Å². The maximum absolute atomic E-state index is 12.3. The number of ether oxygens (including phenoxy) is 1. The molecule has 0 aromatic carbocycles. The van der Waals surface area contributed by atoms with Gasteiger partial charge in [0.25, 0.3) is 5.91 Å². The Bertz CT molecular complexity index is 577. The zero-order chi connectivity index (χ0) is 17.0. The van der Waals surface area contributed by atoms with Crippen LogP contribution in [0.2, 0.25) is 0 Å². The van der Waals surface area contributed by atoms with Crippen molar-refractivity contribution in [2.45, 2.75) is 20.8 Å². The van der Waals surface area contributed by atoms with Crippen molar-refractivity contribution < 1.29 is 24.1 Å². The first kappa shape index (κ1) is 17.9. The van der Waals surface area contributed by atoms with Crippen LogP contribution in [-0.2, 0) is 9.53 Å². The number of thiophene rings is 1. The number of nitrogens with one attached hydrogen (secondary N) is 3. The van der Waals surface area contributed by atoms with E-state index in [4.69, 9.17) is 4.74 Å². The topological polar surface area (TPSA) is 64.3 Å². The molecule has 0 saturated carbocycles. The highest BCUT2D eigenvalue weighted by atomic mass is 32.1. The first-order valence-electron chi connectivity index (χ1n) is 8.14. The molecule has 0 spiro atoms. The molecule has 1 saturated heterocycles. The first-order chi connectivity index (χ1) is 10.9. The Balaban J connectivity index is 2.03. The molecule has 1 aromatic heterocycles. The first-order valence-corrected chi connectivity index (χ1v) is 8.95. The molecule has 23 heavy (non-hydrogen) atoms. The predicted octanol–water partition coefficient (Wildman–Crippen LogP) is -1.11. The van der Waals surface area contributed by atoms with Gasteiger partial charge >= 0.3 is 5.97 Å². The molecule has 1 fully saturated rings. The zero-order valence-electron chi connectivity index (χ0n) is 14.4. The second-order valence-corrected chi connectivity index (χ2v) is 7.36. The quantitative estimate of drug-likeness (QED) is 0.596. The molecule has 2 heterocycles. The van der Waals surface area contributed by atoms with Gasteiger partial charge in [-0.15, -0.1) is 11.3 Å². The summed E-state index contributed by atoms with van der Waals surface area (Å²) in [6.07, 6.45) is 0. The SMILES string of the molecule is CCOC(=O)c1c(NC(=O)C[NH+]2CC[NH+](C)CC2)sc(C)c1C. The zero-order valence-corrected chi connectivity index (χ0v) is 15.2. The van der Waals surface area contributed by atoms with Gasteiger partial charge in [0.2, 0.25) is 0 Å². The Labute approximate surface area is 141 Å². The number of anilines is 1. The number of hydrogen-bond acceptors (Lipinski definition) is 4. The number of rotatable bonds is 5. The number of esters is 1. The van der Waals surface area contributed by atoms with Gasteiger partial charge in [0.15, 0.2) is 6.54 Å². The maximum atomic E-state index is 12.3. The normalized spacial score (nSPS) is 21.0. The molecule has 1 aliphatic rings. The van der Waals surface area contributed by atoms with E-state index in [9.17, 15) is 9.59 Å². The summed E-state index contributed by atoms with van der Waals surface area (Å²) < 4.78 is 5.11. The van der Waals surface area contributed by atoms with Gasteiger partial charge in [-0.25, -0.2) is 4.79 Å². The molecule has 1 aromatic rings. The lowest BCUT2D eigenvalue weighted by Crippen LogP contribution is -3.27.